The SMILES string of the molecule is CCOc1ccc(NCc2ccc(OC)c(F)c2)c(C)c1. The Morgan fingerprint density at radius 1 is 1.14 bits per heavy atom. The average molecular weight is 289 g/mol. The van der Waals surface area contributed by atoms with Crippen LogP contribution < -0.4 is 14.8 Å². The quantitative estimate of drug-likeness (QED) is 0.866. The van der Waals surface area contributed by atoms with Gasteiger partial charge in [-0.05, 0) is 55.3 Å². The van der Waals surface area contributed by atoms with Crippen molar-refractivity contribution in [1.29, 1.82) is 0 Å². The van der Waals surface area contributed by atoms with Crippen LogP contribution >= 0.6 is 0 Å². The summed E-state index contributed by atoms with van der Waals surface area (Å²) in [5.41, 5.74) is 2.96. The van der Waals surface area contributed by atoms with Crippen LogP contribution in [0.5, 0.6) is 11.5 Å². The summed E-state index contributed by atoms with van der Waals surface area (Å²) < 4.78 is 24.0. The molecule has 1 N–H and O–H groups in total. The summed E-state index contributed by atoms with van der Waals surface area (Å²) in [5, 5.41) is 3.30. The number of nitrogens with one attached hydrogen (secondary N) is 1. The molecule has 21 heavy (non-hydrogen) atoms. The van der Waals surface area contributed by atoms with Gasteiger partial charge < -0.3 is 14.8 Å². The van der Waals surface area contributed by atoms with Gasteiger partial charge in [0.05, 0.1) is 13.7 Å². The van der Waals surface area contributed by atoms with Crippen molar-refractivity contribution in [2.75, 3.05) is 19.0 Å². The minimum atomic E-state index is -0.347. The zero-order valence-electron chi connectivity index (χ0n) is 12.6. The molecule has 4 heteroatoms. The molecule has 0 heterocycles. The van der Waals surface area contributed by atoms with Gasteiger partial charge in [-0.1, -0.05) is 6.07 Å². The van der Waals surface area contributed by atoms with E-state index in [2.05, 4.69) is 5.32 Å². The van der Waals surface area contributed by atoms with Crippen LogP contribution in [0, 0.1) is 12.7 Å². The predicted molar refractivity (Wildman–Crippen MR) is 82.6 cm³/mol. The van der Waals surface area contributed by atoms with E-state index in [-0.39, 0.29) is 11.6 Å². The van der Waals surface area contributed by atoms with Gasteiger partial charge in [0.2, 0.25) is 0 Å². The van der Waals surface area contributed by atoms with Gasteiger partial charge in [-0.25, -0.2) is 4.39 Å². The minimum absolute atomic E-state index is 0.260. The van der Waals surface area contributed by atoms with E-state index in [0.717, 1.165) is 22.6 Å². The molecule has 0 aliphatic heterocycles. The second-order valence-corrected chi connectivity index (χ2v) is 4.73. The molecule has 0 bridgehead atoms. The van der Waals surface area contributed by atoms with Crippen LogP contribution in [0.15, 0.2) is 36.4 Å². The molecule has 2 aromatic carbocycles. The fourth-order valence-corrected chi connectivity index (χ4v) is 2.11. The van der Waals surface area contributed by atoms with Crippen LogP contribution in [0.25, 0.3) is 0 Å². The molecule has 0 unspecified atom stereocenters. The van der Waals surface area contributed by atoms with Crippen molar-refractivity contribution in [3.63, 3.8) is 0 Å². The van der Waals surface area contributed by atoms with Gasteiger partial charge in [0, 0.05) is 12.2 Å². The van der Waals surface area contributed by atoms with E-state index >= 15 is 0 Å². The lowest BCUT2D eigenvalue weighted by atomic mass is 10.1. The zero-order chi connectivity index (χ0) is 15.2. The van der Waals surface area contributed by atoms with Crippen molar-refractivity contribution in [3.8, 4) is 11.5 Å². The average Bonchev–Trinajstić information content (AvgIpc) is 2.47. The molecule has 112 valence electrons. The Labute approximate surface area is 124 Å². The van der Waals surface area contributed by atoms with E-state index in [1.807, 2.05) is 38.1 Å². The Balaban J connectivity index is 2.04. The Kier molecular flexibility index (Phi) is 5.04. The standard InChI is InChI=1S/C17H20FNO2/c1-4-21-14-6-7-16(12(2)9-14)19-11-13-5-8-17(20-3)15(18)10-13/h5-10,19H,4,11H2,1-3H3. The summed E-state index contributed by atoms with van der Waals surface area (Å²) in [6, 6.07) is 10.8. The van der Waals surface area contributed by atoms with Gasteiger partial charge in [-0.3, -0.25) is 0 Å². The summed E-state index contributed by atoms with van der Waals surface area (Å²) in [5.74, 6) is 0.771. The maximum atomic E-state index is 13.6. The molecule has 2 rings (SSSR count). The third-order valence-corrected chi connectivity index (χ3v) is 3.21. The number of hydrogen-bond donors (Lipinski definition) is 1. The maximum Gasteiger partial charge on any atom is 0.165 e. The van der Waals surface area contributed by atoms with Gasteiger partial charge in [-0.2, -0.15) is 0 Å². The van der Waals surface area contributed by atoms with E-state index in [1.165, 1.54) is 13.2 Å². The van der Waals surface area contributed by atoms with Crippen molar-refractivity contribution in [1.82, 2.24) is 0 Å². The molecular formula is C17H20FNO2. The molecule has 0 aliphatic rings. The Morgan fingerprint density at radius 2 is 1.95 bits per heavy atom. The van der Waals surface area contributed by atoms with Gasteiger partial charge in [0.15, 0.2) is 11.6 Å². The molecule has 3 nitrogen and oxygen atoms in total. The molecule has 0 amide bonds. The first kappa shape index (κ1) is 15.2. The Hall–Kier alpha value is -2.23. The smallest absolute Gasteiger partial charge is 0.165 e. The zero-order valence-corrected chi connectivity index (χ0v) is 12.6. The first-order valence-corrected chi connectivity index (χ1v) is 6.93. The number of methoxy groups -OCH3 is 1. The third-order valence-electron chi connectivity index (χ3n) is 3.21. The van der Waals surface area contributed by atoms with Gasteiger partial charge >= 0.3 is 0 Å². The van der Waals surface area contributed by atoms with E-state index in [4.69, 9.17) is 9.47 Å². The lowest BCUT2D eigenvalue weighted by Gasteiger charge is -2.12. The second-order valence-electron chi connectivity index (χ2n) is 4.73. The fourth-order valence-electron chi connectivity index (χ4n) is 2.11. The highest BCUT2D eigenvalue weighted by atomic mass is 19.1. The minimum Gasteiger partial charge on any atom is -0.494 e. The monoisotopic (exact) mass is 289 g/mol. The van der Waals surface area contributed by atoms with Crippen LogP contribution in [-0.4, -0.2) is 13.7 Å². The summed E-state index contributed by atoms with van der Waals surface area (Å²) in [4.78, 5) is 0. The van der Waals surface area contributed by atoms with Gasteiger partial charge in [-0.15, -0.1) is 0 Å². The van der Waals surface area contributed by atoms with Crippen LogP contribution in [0.2, 0.25) is 0 Å². The lowest BCUT2D eigenvalue weighted by Crippen LogP contribution is -2.02. The highest BCUT2D eigenvalue weighted by molar-refractivity contribution is 5.54. The van der Waals surface area contributed by atoms with Gasteiger partial charge in [0.1, 0.15) is 5.75 Å². The van der Waals surface area contributed by atoms with E-state index in [9.17, 15) is 4.39 Å². The molecule has 0 spiro atoms. The fraction of sp³-hybridized carbons (Fsp3) is 0.294. The van der Waals surface area contributed by atoms with Crippen LogP contribution in [0.3, 0.4) is 0 Å². The van der Waals surface area contributed by atoms with Crippen molar-refractivity contribution in [2.45, 2.75) is 20.4 Å². The van der Waals surface area contributed by atoms with Crippen LogP contribution in [0.1, 0.15) is 18.1 Å². The maximum absolute atomic E-state index is 13.6. The topological polar surface area (TPSA) is 30.5 Å². The first-order chi connectivity index (χ1) is 10.1. The summed E-state index contributed by atoms with van der Waals surface area (Å²) in [6.07, 6.45) is 0. The Bertz CT molecular complexity index is 614. The molecule has 0 radical (unpaired) electrons. The summed E-state index contributed by atoms with van der Waals surface area (Å²) in [7, 11) is 1.46. The van der Waals surface area contributed by atoms with Crippen LogP contribution in [-0.2, 0) is 6.54 Å². The number of hydrogen-bond acceptors (Lipinski definition) is 3. The molecule has 2 aromatic rings. The van der Waals surface area contributed by atoms with Crippen molar-refractivity contribution >= 4 is 5.69 Å². The normalized spacial score (nSPS) is 10.3. The van der Waals surface area contributed by atoms with E-state index in [1.54, 1.807) is 6.07 Å². The highest BCUT2D eigenvalue weighted by Crippen LogP contribution is 2.23. The Morgan fingerprint density at radius 3 is 2.57 bits per heavy atom. The number of anilines is 1. The number of ether oxygens (including phenoxy) is 2. The summed E-state index contributed by atoms with van der Waals surface area (Å²) >= 11 is 0. The number of halogens is 1. The molecule has 0 aliphatic carbocycles. The number of aryl methyl sites for hydroxylation is 1. The summed E-state index contributed by atoms with van der Waals surface area (Å²) in [6.45, 7) is 5.17. The predicted octanol–water partition coefficient (Wildman–Crippen LogP) is 4.15. The lowest BCUT2D eigenvalue weighted by molar-refractivity contribution is 0.340. The second kappa shape index (κ2) is 6.97. The van der Waals surface area contributed by atoms with E-state index in [0.29, 0.717) is 13.2 Å². The molecule has 0 saturated carbocycles. The molecular weight excluding hydrogens is 269 g/mol. The van der Waals surface area contributed by atoms with Gasteiger partial charge in [0.25, 0.3) is 0 Å². The van der Waals surface area contributed by atoms with E-state index < -0.39 is 0 Å². The molecule has 0 aromatic heterocycles. The first-order valence-electron chi connectivity index (χ1n) is 6.93. The van der Waals surface area contributed by atoms with Crippen molar-refractivity contribution < 1.29 is 13.9 Å². The molecule has 0 atom stereocenters. The number of benzene rings is 2. The molecule has 0 saturated heterocycles. The van der Waals surface area contributed by atoms with Crippen molar-refractivity contribution in [2.24, 2.45) is 0 Å². The third kappa shape index (κ3) is 3.88. The largest absolute Gasteiger partial charge is 0.494 e. The van der Waals surface area contributed by atoms with Crippen molar-refractivity contribution in [3.05, 3.63) is 53.3 Å². The van der Waals surface area contributed by atoms with Crippen LogP contribution in [0.4, 0.5) is 10.1 Å². The number of rotatable bonds is 6. The highest BCUT2D eigenvalue weighted by Gasteiger charge is 2.05. The molecule has 0 fully saturated rings.